The molecule has 0 aromatic heterocycles. The number of nitrogens with one attached hydrogen (secondary N) is 1. The Bertz CT molecular complexity index is 858. The van der Waals surface area contributed by atoms with Crippen LogP contribution in [0.4, 0.5) is 11.4 Å². The second kappa shape index (κ2) is 9.43. The summed E-state index contributed by atoms with van der Waals surface area (Å²) in [5.74, 6) is -0.656. The van der Waals surface area contributed by atoms with Crippen LogP contribution < -0.4 is 20.5 Å². The molecule has 0 aliphatic heterocycles. The molecule has 0 fully saturated rings. The normalized spacial score (nSPS) is 10.1. The lowest BCUT2D eigenvalue weighted by Crippen LogP contribution is -2.21. The van der Waals surface area contributed by atoms with Crippen molar-refractivity contribution in [3.63, 3.8) is 0 Å². The molecule has 0 atom stereocenters. The van der Waals surface area contributed by atoms with Crippen LogP contribution in [0, 0.1) is 10.1 Å². The molecule has 2 amide bonds. The fraction of sp³-hybridized carbons (Fsp3) is 0.176. The third-order valence-corrected chi connectivity index (χ3v) is 4.35. The van der Waals surface area contributed by atoms with Gasteiger partial charge < -0.3 is 20.5 Å². The Morgan fingerprint density at radius 2 is 2.00 bits per heavy atom. The van der Waals surface area contributed by atoms with Gasteiger partial charge in [-0.2, -0.15) is 0 Å². The average Bonchev–Trinajstić information content (AvgIpc) is 2.65. The molecule has 9 nitrogen and oxygen atoms in total. The predicted octanol–water partition coefficient (Wildman–Crippen LogP) is 2.20. The van der Waals surface area contributed by atoms with Gasteiger partial charge in [0, 0.05) is 4.90 Å². The molecule has 3 N–H and O–H groups in total. The van der Waals surface area contributed by atoms with Gasteiger partial charge in [-0.3, -0.25) is 19.7 Å². The van der Waals surface area contributed by atoms with Crippen LogP contribution in [0.15, 0.2) is 47.4 Å². The van der Waals surface area contributed by atoms with E-state index in [1.807, 2.05) is 0 Å². The first-order chi connectivity index (χ1) is 12.9. The van der Waals surface area contributed by atoms with Crippen molar-refractivity contribution < 1.29 is 24.0 Å². The van der Waals surface area contributed by atoms with E-state index in [9.17, 15) is 19.7 Å². The fourth-order valence-corrected chi connectivity index (χ4v) is 2.81. The molecule has 2 rings (SSSR count). The van der Waals surface area contributed by atoms with E-state index in [2.05, 4.69) is 5.32 Å². The number of ether oxygens (including phenoxy) is 2. The quantitative estimate of drug-likeness (QED) is 0.380. The largest absolute Gasteiger partial charge is 0.496 e. The van der Waals surface area contributed by atoms with E-state index in [1.165, 1.54) is 37.1 Å². The lowest BCUT2D eigenvalue weighted by Gasteiger charge is -2.11. The maximum absolute atomic E-state index is 12.1. The number of nitro benzene ring substituents is 1. The zero-order valence-corrected chi connectivity index (χ0v) is 15.2. The molecule has 0 unspecified atom stereocenters. The van der Waals surface area contributed by atoms with Gasteiger partial charge in [-0.05, 0) is 24.3 Å². The number of para-hydroxylation sites is 1. The van der Waals surface area contributed by atoms with Gasteiger partial charge in [-0.25, -0.2) is 0 Å². The summed E-state index contributed by atoms with van der Waals surface area (Å²) in [6.07, 6.45) is 0. The van der Waals surface area contributed by atoms with Crippen molar-refractivity contribution >= 4 is 35.0 Å². The van der Waals surface area contributed by atoms with Gasteiger partial charge in [0.15, 0.2) is 12.4 Å². The summed E-state index contributed by atoms with van der Waals surface area (Å²) < 4.78 is 10.2. The Balaban J connectivity index is 2.03. The summed E-state index contributed by atoms with van der Waals surface area (Å²) in [6, 6.07) is 10.9. The smallest absolute Gasteiger partial charge is 0.314 e. The number of carbonyl (C=O) groups is 2. The van der Waals surface area contributed by atoms with Gasteiger partial charge in [-0.15, -0.1) is 11.8 Å². The number of primary amides is 1. The Kier molecular flexibility index (Phi) is 7.00. The first-order valence-corrected chi connectivity index (χ1v) is 8.64. The van der Waals surface area contributed by atoms with Crippen molar-refractivity contribution in [2.45, 2.75) is 4.90 Å². The Labute approximate surface area is 159 Å². The van der Waals surface area contributed by atoms with Crippen molar-refractivity contribution in [1.82, 2.24) is 0 Å². The minimum Gasteiger partial charge on any atom is -0.496 e. The van der Waals surface area contributed by atoms with Crippen LogP contribution in [0.1, 0.15) is 0 Å². The van der Waals surface area contributed by atoms with Crippen LogP contribution in [-0.4, -0.2) is 36.2 Å². The number of methoxy groups -OCH3 is 1. The first kappa shape index (κ1) is 20.0. The van der Waals surface area contributed by atoms with Gasteiger partial charge in [0.1, 0.15) is 5.75 Å². The molecular weight excluding hydrogens is 374 g/mol. The molecule has 10 heteroatoms. The number of carbonyl (C=O) groups excluding carboxylic acids is 2. The summed E-state index contributed by atoms with van der Waals surface area (Å²) >= 11 is 1.19. The van der Waals surface area contributed by atoms with Crippen LogP contribution in [0.5, 0.6) is 11.5 Å². The molecule has 27 heavy (non-hydrogen) atoms. The average molecular weight is 391 g/mol. The lowest BCUT2D eigenvalue weighted by atomic mass is 10.3. The first-order valence-electron chi connectivity index (χ1n) is 7.66. The third-order valence-electron chi connectivity index (χ3n) is 3.25. The van der Waals surface area contributed by atoms with Crippen molar-refractivity contribution in [1.29, 1.82) is 0 Å². The molecule has 0 bridgehead atoms. The molecule has 0 heterocycles. The van der Waals surface area contributed by atoms with Crippen LogP contribution in [0.25, 0.3) is 0 Å². The van der Waals surface area contributed by atoms with E-state index in [4.69, 9.17) is 15.2 Å². The molecule has 2 aromatic rings. The van der Waals surface area contributed by atoms with Crippen LogP contribution in [0.2, 0.25) is 0 Å². The Morgan fingerprint density at radius 1 is 1.26 bits per heavy atom. The van der Waals surface area contributed by atoms with Crippen LogP contribution in [0.3, 0.4) is 0 Å². The number of benzene rings is 2. The van der Waals surface area contributed by atoms with Crippen molar-refractivity contribution in [3.05, 3.63) is 52.6 Å². The second-order valence-electron chi connectivity index (χ2n) is 5.18. The number of nitrogens with two attached hydrogens (primary N) is 1. The number of nitro groups is 1. The number of amides is 2. The maximum atomic E-state index is 12.1. The van der Waals surface area contributed by atoms with E-state index >= 15 is 0 Å². The van der Waals surface area contributed by atoms with Gasteiger partial charge in [0.05, 0.1) is 29.5 Å². The predicted molar refractivity (Wildman–Crippen MR) is 100 cm³/mol. The fourth-order valence-electron chi connectivity index (χ4n) is 2.06. The van der Waals surface area contributed by atoms with Crippen molar-refractivity contribution in [2.24, 2.45) is 5.73 Å². The highest BCUT2D eigenvalue weighted by molar-refractivity contribution is 8.00. The standard InChI is InChI=1S/C17H17N3O6S/c1-25-11-6-7-14(13(8-11)20(23)24)26-9-17(22)19-12-4-2-3-5-15(12)27-10-16(18)21/h2-8H,9-10H2,1H3,(H2,18,21)(H,19,22). The van der Waals surface area contributed by atoms with E-state index < -0.39 is 23.3 Å². The maximum Gasteiger partial charge on any atom is 0.314 e. The molecule has 0 aliphatic carbocycles. The van der Waals surface area contributed by atoms with E-state index in [0.717, 1.165) is 0 Å². The molecule has 0 saturated heterocycles. The third kappa shape index (κ3) is 5.89. The molecule has 2 aromatic carbocycles. The molecular formula is C17H17N3O6S. The van der Waals surface area contributed by atoms with Crippen molar-refractivity contribution in [2.75, 3.05) is 24.8 Å². The van der Waals surface area contributed by atoms with Crippen molar-refractivity contribution in [3.8, 4) is 11.5 Å². The number of anilines is 1. The topological polar surface area (TPSA) is 134 Å². The number of thioether (sulfide) groups is 1. The summed E-state index contributed by atoms with van der Waals surface area (Å²) in [6.45, 7) is -0.429. The summed E-state index contributed by atoms with van der Waals surface area (Å²) in [7, 11) is 1.39. The van der Waals surface area contributed by atoms with Gasteiger partial charge >= 0.3 is 5.69 Å². The van der Waals surface area contributed by atoms with Gasteiger partial charge in [-0.1, -0.05) is 12.1 Å². The summed E-state index contributed by atoms with van der Waals surface area (Å²) in [5, 5.41) is 13.8. The highest BCUT2D eigenvalue weighted by Crippen LogP contribution is 2.31. The zero-order chi connectivity index (χ0) is 19.8. The Hall–Kier alpha value is -3.27. The van der Waals surface area contributed by atoms with Crippen LogP contribution in [-0.2, 0) is 9.59 Å². The van der Waals surface area contributed by atoms with E-state index in [-0.39, 0.29) is 17.2 Å². The molecule has 142 valence electrons. The molecule has 0 aliphatic rings. The SMILES string of the molecule is COc1ccc(OCC(=O)Nc2ccccc2SCC(N)=O)c([N+](=O)[O-])c1. The second-order valence-corrected chi connectivity index (χ2v) is 6.20. The highest BCUT2D eigenvalue weighted by Gasteiger charge is 2.18. The minimum absolute atomic E-state index is 0.0488. The van der Waals surface area contributed by atoms with E-state index in [1.54, 1.807) is 24.3 Å². The zero-order valence-electron chi connectivity index (χ0n) is 14.3. The van der Waals surface area contributed by atoms with Gasteiger partial charge in [0.2, 0.25) is 5.91 Å². The monoisotopic (exact) mass is 391 g/mol. The molecule has 0 saturated carbocycles. The minimum atomic E-state index is -0.620. The van der Waals surface area contributed by atoms with Gasteiger partial charge in [0.25, 0.3) is 5.91 Å². The van der Waals surface area contributed by atoms with Crippen LogP contribution >= 0.6 is 11.8 Å². The molecule has 0 spiro atoms. The summed E-state index contributed by atoms with van der Waals surface area (Å²) in [5.41, 5.74) is 5.31. The van der Waals surface area contributed by atoms with E-state index in [0.29, 0.717) is 16.3 Å². The Morgan fingerprint density at radius 3 is 2.67 bits per heavy atom. The number of rotatable bonds is 9. The number of hydrogen-bond acceptors (Lipinski definition) is 7. The summed E-state index contributed by atoms with van der Waals surface area (Å²) in [4.78, 5) is 34.3. The number of hydrogen-bond donors (Lipinski definition) is 2. The highest BCUT2D eigenvalue weighted by atomic mass is 32.2. The lowest BCUT2D eigenvalue weighted by molar-refractivity contribution is -0.385. The number of nitrogens with zero attached hydrogens (tertiary/aromatic N) is 1. The molecule has 0 radical (unpaired) electrons.